The first-order valence-corrected chi connectivity index (χ1v) is 7.20. The Labute approximate surface area is 133 Å². The summed E-state index contributed by atoms with van der Waals surface area (Å²) in [6.45, 7) is 1.57. The summed E-state index contributed by atoms with van der Waals surface area (Å²) in [5, 5.41) is 11.6. The minimum Gasteiger partial charge on any atom is -0.390 e. The molecule has 0 saturated carbocycles. The number of nitrogens with one attached hydrogen (secondary N) is 1. The van der Waals surface area contributed by atoms with Crippen LogP contribution in [0.2, 0.25) is 5.02 Å². The molecule has 6 N–H and O–H groups in total. The molecule has 1 amide bonds. The first-order chi connectivity index (χ1) is 10.2. The summed E-state index contributed by atoms with van der Waals surface area (Å²) >= 11 is 6.45. The van der Waals surface area contributed by atoms with Crippen LogP contribution < -0.4 is 16.8 Å². The van der Waals surface area contributed by atoms with Crippen molar-refractivity contribution in [1.82, 2.24) is 0 Å². The summed E-state index contributed by atoms with van der Waals surface area (Å²) in [7, 11) is 0. The van der Waals surface area contributed by atoms with Crippen molar-refractivity contribution in [2.24, 2.45) is 5.73 Å². The molecule has 1 aromatic heterocycles. The summed E-state index contributed by atoms with van der Waals surface area (Å²) in [5.74, 6) is -2.96. The fourth-order valence-corrected chi connectivity index (χ4v) is 3.17. The molecule has 5 nitrogen and oxygen atoms in total. The monoisotopic (exact) mass is 347 g/mol. The van der Waals surface area contributed by atoms with Gasteiger partial charge < -0.3 is 21.9 Å². The number of benzene rings is 1. The molecule has 1 unspecified atom stereocenters. The standard InChI is InChI=1S/C13H12ClF2N3O2S/c1-4-8(11(17)20)12(18)22-10(4)13(21)19-5-2-6(14)9(16)7(15)3-5/h2-3,11,20H,17-18H2,1H3,(H,19,21). The van der Waals surface area contributed by atoms with Gasteiger partial charge in [-0.3, -0.25) is 4.79 Å². The SMILES string of the molecule is Cc1c(C(=O)Nc2cc(F)c(F)c(Cl)c2)sc(N)c1C(N)O. The quantitative estimate of drug-likeness (QED) is 0.506. The van der Waals surface area contributed by atoms with E-state index in [1.807, 2.05) is 0 Å². The summed E-state index contributed by atoms with van der Waals surface area (Å²) in [4.78, 5) is 12.4. The molecule has 0 aliphatic heterocycles. The van der Waals surface area contributed by atoms with Gasteiger partial charge in [0.15, 0.2) is 11.6 Å². The molecule has 9 heteroatoms. The third-order valence-corrected chi connectivity index (χ3v) is 4.38. The Morgan fingerprint density at radius 2 is 2.09 bits per heavy atom. The van der Waals surface area contributed by atoms with Crippen molar-refractivity contribution in [2.75, 3.05) is 11.1 Å². The molecule has 0 aliphatic rings. The van der Waals surface area contributed by atoms with Gasteiger partial charge in [0.2, 0.25) is 0 Å². The summed E-state index contributed by atoms with van der Waals surface area (Å²) in [6.07, 6.45) is -1.31. The number of aliphatic hydroxyl groups is 1. The van der Waals surface area contributed by atoms with Crippen LogP contribution in [0.4, 0.5) is 19.5 Å². The fourth-order valence-electron chi connectivity index (χ4n) is 1.95. The molecule has 0 fully saturated rings. The highest BCUT2D eigenvalue weighted by Crippen LogP contribution is 2.34. The Hall–Kier alpha value is -1.74. The van der Waals surface area contributed by atoms with E-state index in [-0.39, 0.29) is 21.1 Å². The average molecular weight is 348 g/mol. The smallest absolute Gasteiger partial charge is 0.266 e. The van der Waals surface area contributed by atoms with E-state index in [0.717, 1.165) is 23.5 Å². The number of thiophene rings is 1. The van der Waals surface area contributed by atoms with Gasteiger partial charge in [0.05, 0.1) is 14.9 Å². The van der Waals surface area contributed by atoms with E-state index in [1.54, 1.807) is 6.92 Å². The molecule has 1 heterocycles. The number of aliphatic hydroxyl groups excluding tert-OH is 1. The lowest BCUT2D eigenvalue weighted by molar-refractivity contribution is 0.103. The van der Waals surface area contributed by atoms with E-state index in [4.69, 9.17) is 23.1 Å². The number of hydrogen-bond acceptors (Lipinski definition) is 5. The van der Waals surface area contributed by atoms with Crippen molar-refractivity contribution in [3.8, 4) is 0 Å². The number of hydrogen-bond donors (Lipinski definition) is 4. The van der Waals surface area contributed by atoms with Gasteiger partial charge in [0, 0.05) is 17.3 Å². The fraction of sp³-hybridized carbons (Fsp3) is 0.154. The van der Waals surface area contributed by atoms with E-state index in [1.165, 1.54) is 0 Å². The molecular weight excluding hydrogens is 336 g/mol. The van der Waals surface area contributed by atoms with Crippen molar-refractivity contribution in [2.45, 2.75) is 13.2 Å². The molecule has 0 spiro atoms. The number of amides is 1. The van der Waals surface area contributed by atoms with E-state index in [2.05, 4.69) is 5.32 Å². The molecule has 0 radical (unpaired) electrons. The van der Waals surface area contributed by atoms with Gasteiger partial charge in [-0.15, -0.1) is 11.3 Å². The van der Waals surface area contributed by atoms with Crippen molar-refractivity contribution in [1.29, 1.82) is 0 Å². The zero-order valence-corrected chi connectivity index (χ0v) is 12.9. The normalized spacial score (nSPS) is 12.3. The largest absolute Gasteiger partial charge is 0.390 e. The van der Waals surface area contributed by atoms with Crippen LogP contribution >= 0.6 is 22.9 Å². The van der Waals surface area contributed by atoms with Crippen LogP contribution in [0.1, 0.15) is 27.0 Å². The summed E-state index contributed by atoms with van der Waals surface area (Å²) in [6, 6.07) is 1.90. The molecule has 1 aromatic carbocycles. The van der Waals surface area contributed by atoms with Gasteiger partial charge in [-0.1, -0.05) is 11.6 Å². The molecule has 2 aromatic rings. The van der Waals surface area contributed by atoms with E-state index < -0.39 is 28.8 Å². The van der Waals surface area contributed by atoms with Gasteiger partial charge >= 0.3 is 0 Å². The molecule has 2 rings (SSSR count). The molecule has 0 bridgehead atoms. The van der Waals surface area contributed by atoms with Gasteiger partial charge in [-0.25, -0.2) is 8.78 Å². The highest BCUT2D eigenvalue weighted by Gasteiger charge is 2.22. The van der Waals surface area contributed by atoms with Crippen LogP contribution in [0.5, 0.6) is 0 Å². The third kappa shape index (κ3) is 3.05. The van der Waals surface area contributed by atoms with Crippen molar-refractivity contribution in [3.05, 3.63) is 44.8 Å². The second kappa shape index (κ2) is 6.17. The first-order valence-electron chi connectivity index (χ1n) is 6.00. The number of nitrogen functional groups attached to an aromatic ring is 1. The average Bonchev–Trinajstić information content (AvgIpc) is 2.71. The Kier molecular flexibility index (Phi) is 4.66. The van der Waals surface area contributed by atoms with E-state index >= 15 is 0 Å². The number of carbonyl (C=O) groups excluding carboxylic acids is 1. The maximum atomic E-state index is 13.3. The van der Waals surface area contributed by atoms with Gasteiger partial charge in [-0.2, -0.15) is 0 Å². The van der Waals surface area contributed by atoms with Gasteiger partial charge in [0.1, 0.15) is 6.23 Å². The molecule has 118 valence electrons. The maximum Gasteiger partial charge on any atom is 0.266 e. The second-order valence-corrected chi connectivity index (χ2v) is 5.95. The first kappa shape index (κ1) is 16.6. The van der Waals surface area contributed by atoms with E-state index in [9.17, 15) is 18.7 Å². The number of halogens is 3. The van der Waals surface area contributed by atoms with Crippen LogP contribution in [-0.2, 0) is 0 Å². The van der Waals surface area contributed by atoms with E-state index in [0.29, 0.717) is 5.56 Å². The Morgan fingerprint density at radius 3 is 2.59 bits per heavy atom. The number of nitrogens with two attached hydrogens (primary N) is 2. The lowest BCUT2D eigenvalue weighted by Crippen LogP contribution is -2.14. The van der Waals surface area contributed by atoms with Crippen LogP contribution in [0.25, 0.3) is 0 Å². The van der Waals surface area contributed by atoms with Crippen molar-refractivity contribution in [3.63, 3.8) is 0 Å². The second-order valence-electron chi connectivity index (χ2n) is 4.49. The maximum absolute atomic E-state index is 13.3. The zero-order chi connectivity index (χ0) is 16.6. The molecule has 1 atom stereocenters. The predicted molar refractivity (Wildman–Crippen MR) is 81.9 cm³/mol. The van der Waals surface area contributed by atoms with Crippen LogP contribution in [-0.4, -0.2) is 11.0 Å². The molecule has 0 saturated heterocycles. The molecular formula is C13H12ClF2N3O2S. The Bertz CT molecular complexity index is 726. The van der Waals surface area contributed by atoms with Crippen molar-refractivity contribution >= 4 is 39.5 Å². The van der Waals surface area contributed by atoms with Crippen LogP contribution in [0, 0.1) is 18.6 Å². The summed E-state index contributed by atoms with van der Waals surface area (Å²) in [5.41, 5.74) is 11.8. The number of rotatable bonds is 3. The zero-order valence-electron chi connectivity index (χ0n) is 11.3. The van der Waals surface area contributed by atoms with Crippen molar-refractivity contribution < 1.29 is 18.7 Å². The van der Waals surface area contributed by atoms with Gasteiger partial charge in [-0.05, 0) is 18.6 Å². The Balaban J connectivity index is 2.32. The highest BCUT2D eigenvalue weighted by molar-refractivity contribution is 7.18. The minimum atomic E-state index is -1.31. The predicted octanol–water partition coefficient (Wildman–Crippen LogP) is 2.77. The number of carbonyl (C=O) groups is 1. The lowest BCUT2D eigenvalue weighted by Gasteiger charge is -2.07. The summed E-state index contributed by atoms with van der Waals surface area (Å²) < 4.78 is 26.4. The highest BCUT2D eigenvalue weighted by atomic mass is 35.5. The molecule has 22 heavy (non-hydrogen) atoms. The number of anilines is 2. The third-order valence-electron chi connectivity index (χ3n) is 2.97. The minimum absolute atomic E-state index is 0.00452. The lowest BCUT2D eigenvalue weighted by atomic mass is 10.1. The van der Waals surface area contributed by atoms with Crippen LogP contribution in [0.15, 0.2) is 12.1 Å². The van der Waals surface area contributed by atoms with Gasteiger partial charge in [0.25, 0.3) is 5.91 Å². The molecule has 0 aliphatic carbocycles. The van der Waals surface area contributed by atoms with Crippen LogP contribution in [0.3, 0.4) is 0 Å². The Morgan fingerprint density at radius 1 is 1.45 bits per heavy atom. The topological polar surface area (TPSA) is 101 Å².